The standard InChI is InChI=1S/C16H22N2O2/c1-4-13(2)18(9-10-20-3)12-16(19)15-7-5-14(11-17)6-8-15/h5-8,13H,4,9-10,12H2,1-3H3. The molecule has 0 aliphatic rings. The largest absolute Gasteiger partial charge is 0.383 e. The van der Waals surface area contributed by atoms with Gasteiger partial charge in [-0.05, 0) is 25.5 Å². The van der Waals surface area contributed by atoms with Crippen LogP contribution in [0.1, 0.15) is 36.2 Å². The molecule has 0 saturated heterocycles. The summed E-state index contributed by atoms with van der Waals surface area (Å²) in [6, 6.07) is 9.17. The Kier molecular flexibility index (Phi) is 6.92. The molecule has 0 heterocycles. The predicted octanol–water partition coefficient (Wildman–Crippen LogP) is 2.49. The number of Topliss-reactive ketones (excluding diaryl/α,β-unsaturated/α-hetero) is 1. The van der Waals surface area contributed by atoms with Crippen molar-refractivity contribution in [3.8, 4) is 6.07 Å². The average Bonchev–Trinajstić information content (AvgIpc) is 2.50. The third-order valence-electron chi connectivity index (χ3n) is 3.48. The normalized spacial score (nSPS) is 12.2. The molecule has 20 heavy (non-hydrogen) atoms. The lowest BCUT2D eigenvalue weighted by Gasteiger charge is -2.27. The lowest BCUT2D eigenvalue weighted by Crippen LogP contribution is -2.39. The van der Waals surface area contributed by atoms with E-state index in [4.69, 9.17) is 10.00 Å². The second-order valence-corrected chi connectivity index (χ2v) is 4.83. The number of ketones is 1. The van der Waals surface area contributed by atoms with Crippen molar-refractivity contribution in [1.82, 2.24) is 4.90 Å². The minimum absolute atomic E-state index is 0.0749. The van der Waals surface area contributed by atoms with E-state index in [0.717, 1.165) is 13.0 Å². The van der Waals surface area contributed by atoms with E-state index in [1.165, 1.54) is 0 Å². The number of rotatable bonds is 8. The van der Waals surface area contributed by atoms with Crippen molar-refractivity contribution in [2.24, 2.45) is 0 Å². The second-order valence-electron chi connectivity index (χ2n) is 4.83. The number of carbonyl (C=O) groups is 1. The summed E-state index contributed by atoms with van der Waals surface area (Å²) in [6.45, 7) is 5.96. The highest BCUT2D eigenvalue weighted by molar-refractivity contribution is 5.97. The van der Waals surface area contributed by atoms with E-state index < -0.39 is 0 Å². The number of nitrogens with zero attached hydrogens (tertiary/aromatic N) is 2. The molecule has 4 nitrogen and oxygen atoms in total. The first-order valence-corrected chi connectivity index (χ1v) is 6.88. The van der Waals surface area contributed by atoms with Crippen molar-refractivity contribution in [1.29, 1.82) is 5.26 Å². The summed E-state index contributed by atoms with van der Waals surface area (Å²) in [6.07, 6.45) is 0.990. The molecule has 1 rings (SSSR count). The molecule has 0 aliphatic carbocycles. The molecule has 4 heteroatoms. The van der Waals surface area contributed by atoms with Gasteiger partial charge in [-0.15, -0.1) is 0 Å². The van der Waals surface area contributed by atoms with Crippen LogP contribution in [0.4, 0.5) is 0 Å². The lowest BCUT2D eigenvalue weighted by molar-refractivity contribution is 0.0834. The molecule has 0 spiro atoms. The molecule has 0 aliphatic heterocycles. The number of ether oxygens (including phenoxy) is 1. The molecule has 0 radical (unpaired) electrons. The second kappa shape index (κ2) is 8.47. The highest BCUT2D eigenvalue weighted by Crippen LogP contribution is 2.09. The Labute approximate surface area is 121 Å². The van der Waals surface area contributed by atoms with Gasteiger partial charge in [-0.25, -0.2) is 0 Å². The number of hydrogen-bond acceptors (Lipinski definition) is 4. The summed E-state index contributed by atoms with van der Waals surface area (Å²) >= 11 is 0. The first-order chi connectivity index (χ1) is 9.62. The van der Waals surface area contributed by atoms with Gasteiger partial charge in [0.15, 0.2) is 5.78 Å². The van der Waals surface area contributed by atoms with Crippen LogP contribution in [-0.2, 0) is 4.74 Å². The van der Waals surface area contributed by atoms with Gasteiger partial charge < -0.3 is 4.74 Å². The summed E-state index contributed by atoms with van der Waals surface area (Å²) in [5.74, 6) is 0.0749. The third-order valence-corrected chi connectivity index (χ3v) is 3.48. The Morgan fingerprint density at radius 2 is 2.05 bits per heavy atom. The van der Waals surface area contributed by atoms with Gasteiger partial charge in [-0.3, -0.25) is 9.69 Å². The van der Waals surface area contributed by atoms with Crippen molar-refractivity contribution < 1.29 is 9.53 Å². The average molecular weight is 274 g/mol. The summed E-state index contributed by atoms with van der Waals surface area (Å²) in [5, 5.41) is 8.76. The van der Waals surface area contributed by atoms with Crippen LogP contribution in [0.5, 0.6) is 0 Å². The molecular weight excluding hydrogens is 252 g/mol. The Morgan fingerprint density at radius 3 is 2.55 bits per heavy atom. The Morgan fingerprint density at radius 1 is 1.40 bits per heavy atom. The highest BCUT2D eigenvalue weighted by Gasteiger charge is 2.16. The molecule has 1 unspecified atom stereocenters. The Bertz CT molecular complexity index is 462. The van der Waals surface area contributed by atoms with Crippen LogP contribution in [0.2, 0.25) is 0 Å². The maximum absolute atomic E-state index is 12.3. The van der Waals surface area contributed by atoms with Crippen LogP contribution in [-0.4, -0.2) is 43.5 Å². The molecule has 0 saturated carbocycles. The minimum Gasteiger partial charge on any atom is -0.383 e. The summed E-state index contributed by atoms with van der Waals surface area (Å²) in [4.78, 5) is 14.4. The first-order valence-electron chi connectivity index (χ1n) is 6.88. The van der Waals surface area contributed by atoms with Crippen molar-refractivity contribution in [3.63, 3.8) is 0 Å². The molecular formula is C16H22N2O2. The van der Waals surface area contributed by atoms with E-state index >= 15 is 0 Å². The summed E-state index contributed by atoms with van der Waals surface area (Å²) < 4.78 is 5.10. The minimum atomic E-state index is 0.0749. The predicted molar refractivity (Wildman–Crippen MR) is 78.7 cm³/mol. The highest BCUT2D eigenvalue weighted by atomic mass is 16.5. The van der Waals surface area contributed by atoms with E-state index in [1.54, 1.807) is 31.4 Å². The Balaban J connectivity index is 2.71. The number of carbonyl (C=O) groups excluding carboxylic acids is 1. The quantitative estimate of drug-likeness (QED) is 0.683. The van der Waals surface area contributed by atoms with Crippen molar-refractivity contribution in [3.05, 3.63) is 35.4 Å². The molecule has 1 aromatic rings. The van der Waals surface area contributed by atoms with Crippen molar-refractivity contribution in [2.45, 2.75) is 26.3 Å². The van der Waals surface area contributed by atoms with Gasteiger partial charge in [-0.1, -0.05) is 19.1 Å². The molecule has 1 aromatic carbocycles. The van der Waals surface area contributed by atoms with Crippen LogP contribution in [0.15, 0.2) is 24.3 Å². The SMILES string of the molecule is CCC(C)N(CCOC)CC(=O)c1ccc(C#N)cc1. The maximum atomic E-state index is 12.3. The van der Waals surface area contributed by atoms with Gasteiger partial charge in [0.1, 0.15) is 0 Å². The fraction of sp³-hybridized carbons (Fsp3) is 0.500. The fourth-order valence-corrected chi connectivity index (χ4v) is 1.93. The lowest BCUT2D eigenvalue weighted by atomic mass is 10.1. The van der Waals surface area contributed by atoms with Gasteiger partial charge in [-0.2, -0.15) is 5.26 Å². The number of nitriles is 1. The molecule has 0 fully saturated rings. The molecule has 108 valence electrons. The van der Waals surface area contributed by atoms with Crippen LogP contribution in [0.3, 0.4) is 0 Å². The summed E-state index contributed by atoms with van der Waals surface area (Å²) in [7, 11) is 1.66. The van der Waals surface area contributed by atoms with Gasteiger partial charge >= 0.3 is 0 Å². The zero-order chi connectivity index (χ0) is 15.0. The smallest absolute Gasteiger partial charge is 0.176 e. The number of methoxy groups -OCH3 is 1. The van der Waals surface area contributed by atoms with Crippen molar-refractivity contribution >= 4 is 5.78 Å². The van der Waals surface area contributed by atoms with Crippen LogP contribution >= 0.6 is 0 Å². The van der Waals surface area contributed by atoms with Crippen LogP contribution < -0.4 is 0 Å². The van der Waals surface area contributed by atoms with E-state index in [-0.39, 0.29) is 5.78 Å². The topological polar surface area (TPSA) is 53.3 Å². The Hall–Kier alpha value is -1.70. The van der Waals surface area contributed by atoms with E-state index in [0.29, 0.717) is 30.3 Å². The molecule has 1 atom stereocenters. The zero-order valence-corrected chi connectivity index (χ0v) is 12.4. The maximum Gasteiger partial charge on any atom is 0.176 e. The van der Waals surface area contributed by atoms with Crippen molar-refractivity contribution in [2.75, 3.05) is 26.8 Å². The van der Waals surface area contributed by atoms with Gasteiger partial charge in [0, 0.05) is 25.3 Å². The molecule has 0 bridgehead atoms. The van der Waals surface area contributed by atoms with E-state index in [9.17, 15) is 4.79 Å². The monoisotopic (exact) mass is 274 g/mol. The zero-order valence-electron chi connectivity index (χ0n) is 12.4. The molecule has 0 N–H and O–H groups in total. The van der Waals surface area contributed by atoms with Crippen LogP contribution in [0.25, 0.3) is 0 Å². The van der Waals surface area contributed by atoms with Gasteiger partial charge in [0.05, 0.1) is 24.8 Å². The molecule has 0 amide bonds. The van der Waals surface area contributed by atoms with Gasteiger partial charge in [0.25, 0.3) is 0 Å². The fourth-order valence-electron chi connectivity index (χ4n) is 1.93. The van der Waals surface area contributed by atoms with Gasteiger partial charge in [0.2, 0.25) is 0 Å². The first kappa shape index (κ1) is 16.4. The van der Waals surface area contributed by atoms with Crippen LogP contribution in [0, 0.1) is 11.3 Å². The number of hydrogen-bond donors (Lipinski definition) is 0. The third kappa shape index (κ3) is 4.76. The summed E-state index contributed by atoms with van der Waals surface area (Å²) in [5.41, 5.74) is 1.22. The van der Waals surface area contributed by atoms with E-state index in [2.05, 4.69) is 24.8 Å². The number of benzene rings is 1. The molecule has 0 aromatic heterocycles. The van der Waals surface area contributed by atoms with E-state index in [1.807, 2.05) is 0 Å².